The van der Waals surface area contributed by atoms with E-state index >= 15 is 0 Å². The lowest BCUT2D eigenvalue weighted by Gasteiger charge is -2.14. The standard InChI is InChI=1S/C21H19NO5/c1-12-13(2)27-18-14(12)8-5-9-17(18)21(25)26-11-10-22-19(23)15-6-3-4-7-16(15)20(22)24/h3-9,12-13H,10-11H2,1-2H3/t12-,13-/m0/s1. The van der Waals surface area contributed by atoms with Gasteiger partial charge in [-0.25, -0.2) is 4.79 Å². The first-order valence-electron chi connectivity index (χ1n) is 8.91. The largest absolute Gasteiger partial charge is 0.489 e. The summed E-state index contributed by atoms with van der Waals surface area (Å²) >= 11 is 0. The minimum absolute atomic E-state index is 0.00713. The fourth-order valence-electron chi connectivity index (χ4n) is 3.50. The summed E-state index contributed by atoms with van der Waals surface area (Å²) in [4.78, 5) is 38.2. The summed E-state index contributed by atoms with van der Waals surface area (Å²) in [5.41, 5.74) is 2.11. The Balaban J connectivity index is 1.42. The molecule has 2 heterocycles. The number of rotatable bonds is 4. The van der Waals surface area contributed by atoms with Crippen LogP contribution in [-0.2, 0) is 4.74 Å². The molecule has 0 unspecified atom stereocenters. The minimum atomic E-state index is -0.523. The molecule has 0 saturated heterocycles. The summed E-state index contributed by atoms with van der Waals surface area (Å²) in [6, 6.07) is 12.1. The zero-order valence-electron chi connectivity index (χ0n) is 15.1. The van der Waals surface area contributed by atoms with Crippen LogP contribution in [0, 0.1) is 0 Å². The van der Waals surface area contributed by atoms with Gasteiger partial charge >= 0.3 is 5.97 Å². The molecular formula is C21H19NO5. The molecule has 0 bridgehead atoms. The SMILES string of the molecule is C[C@@H]1Oc2c(C(=O)OCCN3C(=O)c4ccccc4C3=O)cccc2[C@H]1C. The van der Waals surface area contributed by atoms with Crippen LogP contribution in [0.1, 0.15) is 56.4 Å². The second-order valence-electron chi connectivity index (χ2n) is 6.78. The topological polar surface area (TPSA) is 72.9 Å². The summed E-state index contributed by atoms with van der Waals surface area (Å²) in [5, 5.41) is 0. The lowest BCUT2D eigenvalue weighted by Crippen LogP contribution is -2.33. The first kappa shape index (κ1) is 17.3. The molecule has 0 saturated carbocycles. The maximum Gasteiger partial charge on any atom is 0.341 e. The summed E-state index contributed by atoms with van der Waals surface area (Å²) in [7, 11) is 0. The Morgan fingerprint density at radius 3 is 2.37 bits per heavy atom. The Morgan fingerprint density at radius 1 is 1.04 bits per heavy atom. The van der Waals surface area contributed by atoms with Gasteiger partial charge in [0.15, 0.2) is 0 Å². The van der Waals surface area contributed by atoms with Gasteiger partial charge in [0, 0.05) is 11.5 Å². The van der Waals surface area contributed by atoms with E-state index in [9.17, 15) is 14.4 Å². The molecule has 2 aliphatic rings. The Morgan fingerprint density at radius 2 is 1.70 bits per heavy atom. The lowest BCUT2D eigenvalue weighted by molar-refractivity contribution is 0.0416. The molecule has 27 heavy (non-hydrogen) atoms. The maximum absolute atomic E-state index is 12.5. The van der Waals surface area contributed by atoms with Gasteiger partial charge in [0.05, 0.1) is 17.7 Å². The quantitative estimate of drug-likeness (QED) is 0.615. The van der Waals surface area contributed by atoms with Gasteiger partial charge in [0.1, 0.15) is 24.0 Å². The van der Waals surface area contributed by atoms with E-state index in [1.807, 2.05) is 19.9 Å². The van der Waals surface area contributed by atoms with Gasteiger partial charge in [-0.3, -0.25) is 14.5 Å². The van der Waals surface area contributed by atoms with Crippen molar-refractivity contribution in [1.82, 2.24) is 4.90 Å². The van der Waals surface area contributed by atoms with Crippen molar-refractivity contribution >= 4 is 17.8 Å². The fourth-order valence-corrected chi connectivity index (χ4v) is 3.50. The molecule has 6 nitrogen and oxygen atoms in total. The van der Waals surface area contributed by atoms with E-state index in [1.54, 1.807) is 36.4 Å². The van der Waals surface area contributed by atoms with Gasteiger partial charge in [-0.15, -0.1) is 0 Å². The number of hydrogen-bond donors (Lipinski definition) is 0. The monoisotopic (exact) mass is 365 g/mol. The highest BCUT2D eigenvalue weighted by Gasteiger charge is 2.35. The van der Waals surface area contributed by atoms with E-state index < -0.39 is 5.97 Å². The van der Waals surface area contributed by atoms with Gasteiger partial charge in [-0.1, -0.05) is 31.2 Å². The van der Waals surface area contributed by atoms with E-state index in [-0.39, 0.29) is 37.0 Å². The predicted octanol–water partition coefficient (Wildman–Crippen LogP) is 3.02. The molecule has 0 N–H and O–H groups in total. The number of ether oxygens (including phenoxy) is 2. The second kappa shape index (κ2) is 6.54. The highest BCUT2D eigenvalue weighted by atomic mass is 16.5. The van der Waals surface area contributed by atoms with Crippen LogP contribution >= 0.6 is 0 Å². The van der Waals surface area contributed by atoms with Crippen molar-refractivity contribution in [3.8, 4) is 5.75 Å². The van der Waals surface area contributed by atoms with Crippen LogP contribution in [0.5, 0.6) is 5.75 Å². The number of imide groups is 1. The molecule has 2 amide bonds. The number of hydrogen-bond acceptors (Lipinski definition) is 5. The molecule has 138 valence electrons. The molecule has 0 fully saturated rings. The normalized spacial score (nSPS) is 20.3. The van der Waals surface area contributed by atoms with Crippen LogP contribution in [0.25, 0.3) is 0 Å². The summed E-state index contributed by atoms with van der Waals surface area (Å²) in [6.07, 6.45) is -0.00713. The Kier molecular flexibility index (Phi) is 4.18. The molecule has 0 spiro atoms. The zero-order chi connectivity index (χ0) is 19.1. The number of nitrogens with zero attached hydrogens (tertiary/aromatic N) is 1. The Labute approximate surface area is 156 Å². The third-order valence-corrected chi connectivity index (χ3v) is 5.19. The van der Waals surface area contributed by atoms with Crippen LogP contribution in [0.4, 0.5) is 0 Å². The number of amides is 2. The average Bonchev–Trinajstić information content (AvgIpc) is 3.10. The summed E-state index contributed by atoms with van der Waals surface area (Å²) in [5.74, 6) is -0.490. The van der Waals surface area contributed by atoms with Gasteiger partial charge in [0.25, 0.3) is 11.8 Å². The van der Waals surface area contributed by atoms with E-state index in [4.69, 9.17) is 9.47 Å². The summed E-state index contributed by atoms with van der Waals surface area (Å²) < 4.78 is 11.1. The number of carbonyl (C=O) groups excluding carboxylic acids is 3. The van der Waals surface area contributed by atoms with E-state index in [0.717, 1.165) is 10.5 Å². The first-order chi connectivity index (χ1) is 13.0. The van der Waals surface area contributed by atoms with E-state index in [1.165, 1.54) is 0 Å². The van der Waals surface area contributed by atoms with Crippen molar-refractivity contribution < 1.29 is 23.9 Å². The zero-order valence-corrected chi connectivity index (χ0v) is 15.1. The molecule has 0 radical (unpaired) electrons. The Hall–Kier alpha value is -3.15. The number of benzene rings is 2. The van der Waals surface area contributed by atoms with Gasteiger partial charge in [0.2, 0.25) is 0 Å². The van der Waals surface area contributed by atoms with Crippen LogP contribution in [0.3, 0.4) is 0 Å². The molecular weight excluding hydrogens is 346 g/mol. The van der Waals surface area contributed by atoms with E-state index in [0.29, 0.717) is 22.4 Å². The van der Waals surface area contributed by atoms with Crippen LogP contribution in [-0.4, -0.2) is 41.9 Å². The third kappa shape index (κ3) is 2.77. The van der Waals surface area contributed by atoms with Crippen molar-refractivity contribution in [3.05, 3.63) is 64.7 Å². The smallest absolute Gasteiger partial charge is 0.341 e. The van der Waals surface area contributed by atoms with Crippen molar-refractivity contribution in [3.63, 3.8) is 0 Å². The van der Waals surface area contributed by atoms with Crippen LogP contribution in [0.15, 0.2) is 42.5 Å². The van der Waals surface area contributed by atoms with Crippen LogP contribution in [0.2, 0.25) is 0 Å². The van der Waals surface area contributed by atoms with Crippen molar-refractivity contribution in [2.75, 3.05) is 13.2 Å². The van der Waals surface area contributed by atoms with Crippen LogP contribution < -0.4 is 4.74 Å². The Bertz CT molecular complexity index is 916. The van der Waals surface area contributed by atoms with E-state index in [2.05, 4.69) is 0 Å². The van der Waals surface area contributed by atoms with Gasteiger partial charge in [-0.05, 0) is 25.1 Å². The average molecular weight is 365 g/mol. The first-order valence-corrected chi connectivity index (χ1v) is 8.91. The number of fused-ring (bicyclic) bond motifs is 2. The number of carbonyl (C=O) groups is 3. The number of para-hydroxylation sites is 1. The third-order valence-electron chi connectivity index (χ3n) is 5.19. The molecule has 2 atom stereocenters. The summed E-state index contributed by atoms with van der Waals surface area (Å²) in [6.45, 7) is 3.95. The molecule has 2 aliphatic heterocycles. The highest BCUT2D eigenvalue weighted by Crippen LogP contribution is 2.40. The highest BCUT2D eigenvalue weighted by molar-refractivity contribution is 6.21. The van der Waals surface area contributed by atoms with Crippen molar-refractivity contribution in [2.24, 2.45) is 0 Å². The predicted molar refractivity (Wildman–Crippen MR) is 97.0 cm³/mol. The lowest BCUT2D eigenvalue weighted by atomic mass is 9.97. The molecule has 2 aromatic rings. The fraction of sp³-hybridized carbons (Fsp3) is 0.286. The van der Waals surface area contributed by atoms with Crippen molar-refractivity contribution in [1.29, 1.82) is 0 Å². The molecule has 4 rings (SSSR count). The van der Waals surface area contributed by atoms with Crippen molar-refractivity contribution in [2.45, 2.75) is 25.9 Å². The molecule has 0 aliphatic carbocycles. The minimum Gasteiger partial charge on any atom is -0.489 e. The van der Waals surface area contributed by atoms with Gasteiger partial charge in [-0.2, -0.15) is 0 Å². The second-order valence-corrected chi connectivity index (χ2v) is 6.78. The molecule has 0 aromatic heterocycles. The molecule has 6 heteroatoms. The van der Waals surface area contributed by atoms with Gasteiger partial charge < -0.3 is 9.47 Å². The maximum atomic E-state index is 12.5. The number of esters is 1. The molecule has 2 aromatic carbocycles.